The van der Waals surface area contributed by atoms with Crippen molar-refractivity contribution in [3.05, 3.63) is 12.2 Å². The van der Waals surface area contributed by atoms with Crippen LogP contribution in [0.15, 0.2) is 12.2 Å². The van der Waals surface area contributed by atoms with Gasteiger partial charge in [-0.3, -0.25) is 4.90 Å². The Morgan fingerprint density at radius 1 is 1.04 bits per heavy atom. The number of carbonyl (C=O) groups excluding carboxylic acids is 2. The van der Waals surface area contributed by atoms with Gasteiger partial charge in [-0.25, -0.2) is 9.59 Å². The zero-order chi connectivity index (χ0) is 17.1. The van der Waals surface area contributed by atoms with E-state index in [-0.39, 0.29) is 0 Å². The molecule has 0 aromatic carbocycles. The van der Waals surface area contributed by atoms with Crippen molar-refractivity contribution in [3.8, 4) is 0 Å². The zero-order valence-corrected chi connectivity index (χ0v) is 14.5. The van der Waals surface area contributed by atoms with Gasteiger partial charge >= 0.3 is 11.9 Å². The number of morpholine rings is 1. The molecule has 6 nitrogen and oxygen atoms in total. The van der Waals surface area contributed by atoms with Crippen molar-refractivity contribution in [2.75, 3.05) is 39.5 Å². The number of ether oxygens (including phenoxy) is 3. The van der Waals surface area contributed by atoms with Gasteiger partial charge < -0.3 is 14.2 Å². The van der Waals surface area contributed by atoms with E-state index in [0.717, 1.165) is 64.3 Å². The predicted molar refractivity (Wildman–Crippen MR) is 87.1 cm³/mol. The van der Waals surface area contributed by atoms with Crippen LogP contribution >= 0.6 is 0 Å². The van der Waals surface area contributed by atoms with Crippen LogP contribution < -0.4 is 0 Å². The topological polar surface area (TPSA) is 65.1 Å². The molecule has 132 valence electrons. The Hall–Kier alpha value is -1.40. The summed E-state index contributed by atoms with van der Waals surface area (Å²) in [6, 6.07) is 0. The third kappa shape index (κ3) is 10.9. The van der Waals surface area contributed by atoms with E-state index >= 15 is 0 Å². The van der Waals surface area contributed by atoms with Crippen molar-refractivity contribution in [1.82, 2.24) is 4.90 Å². The number of carbonyl (C=O) groups is 2. The van der Waals surface area contributed by atoms with E-state index in [0.29, 0.717) is 6.61 Å². The Kier molecular flexibility index (Phi) is 8.87. The van der Waals surface area contributed by atoms with E-state index in [1.807, 2.05) is 0 Å². The molecule has 1 saturated heterocycles. The molecule has 1 heterocycles. The molecule has 0 bridgehead atoms. The lowest BCUT2D eigenvalue weighted by Gasteiger charge is -2.26. The van der Waals surface area contributed by atoms with Gasteiger partial charge in [0, 0.05) is 25.2 Å². The Morgan fingerprint density at radius 3 is 2.35 bits per heavy atom. The Balaban J connectivity index is 2.02. The molecule has 0 amide bonds. The average Bonchev–Trinajstić information content (AvgIpc) is 2.48. The highest BCUT2D eigenvalue weighted by Crippen LogP contribution is 2.07. The quantitative estimate of drug-likeness (QED) is 0.386. The molecule has 0 aromatic heterocycles. The van der Waals surface area contributed by atoms with Gasteiger partial charge in [0.05, 0.1) is 19.8 Å². The number of nitrogens with zero attached hydrogens (tertiary/aromatic N) is 1. The molecule has 0 aliphatic carbocycles. The van der Waals surface area contributed by atoms with Crippen LogP contribution in [0.1, 0.15) is 40.0 Å². The van der Waals surface area contributed by atoms with Gasteiger partial charge in [0.1, 0.15) is 5.60 Å². The van der Waals surface area contributed by atoms with Gasteiger partial charge in [-0.15, -0.1) is 0 Å². The second-order valence-corrected chi connectivity index (χ2v) is 6.55. The molecule has 0 radical (unpaired) electrons. The summed E-state index contributed by atoms with van der Waals surface area (Å²) in [5.74, 6) is -1.05. The third-order valence-corrected chi connectivity index (χ3v) is 3.23. The maximum Gasteiger partial charge on any atom is 0.331 e. The van der Waals surface area contributed by atoms with Gasteiger partial charge in [0.25, 0.3) is 0 Å². The monoisotopic (exact) mass is 327 g/mol. The second-order valence-electron chi connectivity index (χ2n) is 6.55. The van der Waals surface area contributed by atoms with Gasteiger partial charge in [-0.1, -0.05) is 0 Å². The number of hydrogen-bond donors (Lipinski definition) is 0. The molecule has 1 aliphatic rings. The highest BCUT2D eigenvalue weighted by molar-refractivity contribution is 5.91. The molecular formula is C17H29NO5. The van der Waals surface area contributed by atoms with Crippen molar-refractivity contribution in [1.29, 1.82) is 0 Å². The molecule has 6 heteroatoms. The van der Waals surface area contributed by atoms with Crippen LogP contribution in [-0.2, 0) is 23.8 Å². The van der Waals surface area contributed by atoms with Gasteiger partial charge in [-0.2, -0.15) is 0 Å². The maximum absolute atomic E-state index is 11.5. The number of unbranched alkanes of at least 4 members (excludes halogenated alkanes) is 2. The first-order valence-corrected chi connectivity index (χ1v) is 8.25. The first-order chi connectivity index (χ1) is 10.9. The zero-order valence-electron chi connectivity index (χ0n) is 14.5. The predicted octanol–water partition coefficient (Wildman–Crippen LogP) is 1.93. The second kappa shape index (κ2) is 10.4. The summed E-state index contributed by atoms with van der Waals surface area (Å²) < 4.78 is 15.4. The summed E-state index contributed by atoms with van der Waals surface area (Å²) in [6.07, 6.45) is 5.15. The van der Waals surface area contributed by atoms with E-state index in [1.165, 1.54) is 0 Å². The largest absolute Gasteiger partial charge is 0.463 e. The van der Waals surface area contributed by atoms with Crippen molar-refractivity contribution in [3.63, 3.8) is 0 Å². The standard InChI is InChI=1S/C17H29NO5/c1-17(2,3)23-16(20)8-7-15(19)22-12-6-4-5-9-18-10-13-21-14-11-18/h7-8H,4-6,9-14H2,1-3H3/b8-7+. The average molecular weight is 327 g/mol. The molecule has 0 aromatic rings. The molecule has 0 N–H and O–H groups in total. The summed E-state index contributed by atoms with van der Waals surface area (Å²) >= 11 is 0. The SMILES string of the molecule is CC(C)(C)OC(=O)/C=C/C(=O)OCCCCCN1CCOCC1. The Bertz CT molecular complexity index is 394. The number of esters is 2. The van der Waals surface area contributed by atoms with Crippen LogP contribution in [0, 0.1) is 0 Å². The number of hydrogen-bond acceptors (Lipinski definition) is 6. The van der Waals surface area contributed by atoms with Crippen molar-refractivity contribution in [2.24, 2.45) is 0 Å². The molecule has 0 spiro atoms. The lowest BCUT2D eigenvalue weighted by Crippen LogP contribution is -2.36. The summed E-state index contributed by atoms with van der Waals surface area (Å²) in [5, 5.41) is 0. The van der Waals surface area contributed by atoms with E-state index in [1.54, 1.807) is 20.8 Å². The van der Waals surface area contributed by atoms with Crippen molar-refractivity contribution < 1.29 is 23.8 Å². The Morgan fingerprint density at radius 2 is 1.70 bits per heavy atom. The first kappa shape index (κ1) is 19.6. The summed E-state index contributed by atoms with van der Waals surface area (Å²) in [4.78, 5) is 25.2. The highest BCUT2D eigenvalue weighted by Gasteiger charge is 2.14. The molecule has 1 aliphatic heterocycles. The van der Waals surface area contributed by atoms with E-state index < -0.39 is 17.5 Å². The lowest BCUT2D eigenvalue weighted by molar-refractivity contribution is -0.149. The van der Waals surface area contributed by atoms with Crippen LogP contribution in [0.3, 0.4) is 0 Å². The van der Waals surface area contributed by atoms with Gasteiger partial charge in [0.15, 0.2) is 0 Å². The normalized spacial score (nSPS) is 16.5. The van der Waals surface area contributed by atoms with E-state index in [2.05, 4.69) is 4.90 Å². The van der Waals surface area contributed by atoms with Crippen molar-refractivity contribution in [2.45, 2.75) is 45.6 Å². The minimum atomic E-state index is -0.564. The first-order valence-electron chi connectivity index (χ1n) is 8.25. The molecule has 1 rings (SSSR count). The van der Waals surface area contributed by atoms with Crippen LogP contribution in [0.4, 0.5) is 0 Å². The fourth-order valence-corrected chi connectivity index (χ4v) is 2.13. The molecule has 0 atom stereocenters. The highest BCUT2D eigenvalue weighted by atomic mass is 16.6. The molecule has 0 saturated carbocycles. The fraction of sp³-hybridized carbons (Fsp3) is 0.765. The molecule has 23 heavy (non-hydrogen) atoms. The number of rotatable bonds is 8. The van der Waals surface area contributed by atoms with Gasteiger partial charge in [-0.05, 0) is 46.6 Å². The third-order valence-electron chi connectivity index (χ3n) is 3.23. The van der Waals surface area contributed by atoms with Crippen LogP contribution in [0.25, 0.3) is 0 Å². The summed E-state index contributed by atoms with van der Waals surface area (Å²) in [7, 11) is 0. The molecular weight excluding hydrogens is 298 g/mol. The van der Waals surface area contributed by atoms with Crippen LogP contribution in [0.5, 0.6) is 0 Å². The van der Waals surface area contributed by atoms with Crippen LogP contribution in [0.2, 0.25) is 0 Å². The lowest BCUT2D eigenvalue weighted by atomic mass is 10.2. The fourth-order valence-electron chi connectivity index (χ4n) is 2.13. The summed E-state index contributed by atoms with van der Waals surface area (Å²) in [5.41, 5.74) is -0.564. The smallest absolute Gasteiger partial charge is 0.331 e. The van der Waals surface area contributed by atoms with E-state index in [9.17, 15) is 9.59 Å². The van der Waals surface area contributed by atoms with Gasteiger partial charge in [0.2, 0.25) is 0 Å². The minimum Gasteiger partial charge on any atom is -0.463 e. The minimum absolute atomic E-state index is 0.376. The van der Waals surface area contributed by atoms with Crippen molar-refractivity contribution >= 4 is 11.9 Å². The van der Waals surface area contributed by atoms with E-state index in [4.69, 9.17) is 14.2 Å². The molecule has 0 unspecified atom stereocenters. The van der Waals surface area contributed by atoms with Crippen LogP contribution in [-0.4, -0.2) is 61.9 Å². The molecule has 1 fully saturated rings. The maximum atomic E-state index is 11.5. The summed E-state index contributed by atoms with van der Waals surface area (Å²) in [6.45, 7) is 10.4. The Labute approximate surface area is 138 Å².